The third-order valence-corrected chi connectivity index (χ3v) is 2.37. The highest BCUT2D eigenvalue weighted by atomic mass is 16.4. The van der Waals surface area contributed by atoms with Gasteiger partial charge < -0.3 is 5.11 Å². The lowest BCUT2D eigenvalue weighted by molar-refractivity contribution is -0.137. The zero-order valence-corrected chi connectivity index (χ0v) is 8.76. The molecule has 0 atom stereocenters. The summed E-state index contributed by atoms with van der Waals surface area (Å²) >= 11 is 0. The molecule has 0 radical (unpaired) electrons. The summed E-state index contributed by atoms with van der Waals surface area (Å²) in [6.45, 7) is 0. The quantitative estimate of drug-likeness (QED) is 0.849. The Morgan fingerprint density at radius 3 is 2.88 bits per heavy atom. The largest absolute Gasteiger partial charge is 0.481 e. The van der Waals surface area contributed by atoms with Crippen molar-refractivity contribution in [1.82, 2.24) is 10.2 Å². The molecule has 2 rings (SSSR count). The number of carboxylic acid groups (broad SMARTS) is 1. The van der Waals surface area contributed by atoms with Gasteiger partial charge in [-0.2, -0.15) is 10.2 Å². The van der Waals surface area contributed by atoms with E-state index in [1.54, 1.807) is 0 Å². The molecule has 0 spiro atoms. The Hall–Kier alpha value is -1.97. The number of nitrogens with zero attached hydrogens (tertiary/aromatic N) is 2. The number of carbonyl (C=O) groups is 1. The molecule has 0 amide bonds. The van der Waals surface area contributed by atoms with Crippen molar-refractivity contribution >= 4 is 16.9 Å². The van der Waals surface area contributed by atoms with Gasteiger partial charge in [0.05, 0.1) is 11.2 Å². The molecule has 0 aliphatic rings. The van der Waals surface area contributed by atoms with Gasteiger partial charge in [-0.25, -0.2) is 0 Å². The van der Waals surface area contributed by atoms with Crippen LogP contribution in [0.15, 0.2) is 30.3 Å². The fourth-order valence-electron chi connectivity index (χ4n) is 1.57. The highest BCUT2D eigenvalue weighted by Crippen LogP contribution is 2.12. The first-order valence-corrected chi connectivity index (χ1v) is 5.19. The number of carboxylic acids is 1. The number of aromatic nitrogens is 2. The maximum atomic E-state index is 10.4. The molecule has 1 heterocycles. The number of rotatable bonds is 4. The number of benzene rings is 1. The van der Waals surface area contributed by atoms with Crippen LogP contribution in [0.4, 0.5) is 0 Å². The van der Waals surface area contributed by atoms with Crippen LogP contribution in [0.3, 0.4) is 0 Å². The van der Waals surface area contributed by atoms with E-state index in [1.807, 2.05) is 30.3 Å². The predicted molar refractivity (Wildman–Crippen MR) is 60.1 cm³/mol. The van der Waals surface area contributed by atoms with Crippen LogP contribution in [-0.4, -0.2) is 21.3 Å². The molecular weight excluding hydrogens is 204 g/mol. The first-order valence-electron chi connectivity index (χ1n) is 5.19. The maximum absolute atomic E-state index is 10.4. The average Bonchev–Trinajstić information content (AvgIpc) is 2.28. The van der Waals surface area contributed by atoms with Crippen LogP contribution in [0.1, 0.15) is 18.5 Å². The summed E-state index contributed by atoms with van der Waals surface area (Å²) in [7, 11) is 0. The first-order chi connectivity index (χ1) is 7.75. The normalized spacial score (nSPS) is 10.5. The SMILES string of the molecule is O=C(O)CCCc1cc2ccccc2nn1. The molecule has 1 N–H and O–H groups in total. The molecule has 16 heavy (non-hydrogen) atoms. The van der Waals surface area contributed by atoms with Gasteiger partial charge in [-0.15, -0.1) is 0 Å². The number of aliphatic carboxylic acids is 1. The number of fused-ring (bicyclic) bond motifs is 1. The summed E-state index contributed by atoms with van der Waals surface area (Å²) in [6.07, 6.45) is 1.43. The van der Waals surface area contributed by atoms with Gasteiger partial charge in [0, 0.05) is 11.8 Å². The smallest absolute Gasteiger partial charge is 0.303 e. The van der Waals surface area contributed by atoms with Crippen molar-refractivity contribution in [1.29, 1.82) is 0 Å². The van der Waals surface area contributed by atoms with Gasteiger partial charge in [-0.1, -0.05) is 18.2 Å². The minimum atomic E-state index is -0.770. The third kappa shape index (κ3) is 2.53. The predicted octanol–water partition coefficient (Wildman–Crippen LogP) is 2.04. The Bertz CT molecular complexity index is 511. The van der Waals surface area contributed by atoms with Crippen molar-refractivity contribution in [2.24, 2.45) is 0 Å². The van der Waals surface area contributed by atoms with Gasteiger partial charge in [0.1, 0.15) is 0 Å². The minimum absolute atomic E-state index is 0.175. The van der Waals surface area contributed by atoms with Gasteiger partial charge in [0.15, 0.2) is 0 Å². The van der Waals surface area contributed by atoms with Gasteiger partial charge in [0.2, 0.25) is 0 Å². The highest BCUT2D eigenvalue weighted by molar-refractivity contribution is 5.77. The van der Waals surface area contributed by atoms with E-state index in [2.05, 4.69) is 10.2 Å². The molecule has 4 nitrogen and oxygen atoms in total. The lowest BCUT2D eigenvalue weighted by Gasteiger charge is -2.00. The Kier molecular flexibility index (Phi) is 3.10. The van der Waals surface area contributed by atoms with Crippen LogP contribution in [0.5, 0.6) is 0 Å². The molecule has 1 aromatic carbocycles. The van der Waals surface area contributed by atoms with E-state index < -0.39 is 5.97 Å². The molecular formula is C12H12N2O2. The van der Waals surface area contributed by atoms with E-state index >= 15 is 0 Å². The van der Waals surface area contributed by atoms with Gasteiger partial charge in [-0.05, 0) is 25.0 Å². The van der Waals surface area contributed by atoms with Crippen molar-refractivity contribution in [3.05, 3.63) is 36.0 Å². The Balaban J connectivity index is 2.10. The average molecular weight is 216 g/mol. The van der Waals surface area contributed by atoms with Gasteiger partial charge >= 0.3 is 5.97 Å². The van der Waals surface area contributed by atoms with Crippen LogP contribution in [0.2, 0.25) is 0 Å². The summed E-state index contributed by atoms with van der Waals surface area (Å²) in [5.74, 6) is -0.770. The maximum Gasteiger partial charge on any atom is 0.303 e. The molecule has 0 saturated carbocycles. The van der Waals surface area contributed by atoms with E-state index in [9.17, 15) is 4.79 Å². The summed E-state index contributed by atoms with van der Waals surface area (Å²) in [5, 5.41) is 17.7. The lowest BCUT2D eigenvalue weighted by Crippen LogP contribution is -1.98. The second-order valence-electron chi connectivity index (χ2n) is 3.64. The fraction of sp³-hybridized carbons (Fsp3) is 0.250. The minimum Gasteiger partial charge on any atom is -0.481 e. The zero-order valence-electron chi connectivity index (χ0n) is 8.76. The molecule has 0 fully saturated rings. The van der Waals surface area contributed by atoms with Crippen molar-refractivity contribution in [2.45, 2.75) is 19.3 Å². The second-order valence-corrected chi connectivity index (χ2v) is 3.64. The van der Waals surface area contributed by atoms with Crippen molar-refractivity contribution in [3.63, 3.8) is 0 Å². The van der Waals surface area contributed by atoms with E-state index in [-0.39, 0.29) is 6.42 Å². The number of hydrogen-bond acceptors (Lipinski definition) is 3. The van der Waals surface area contributed by atoms with Crippen molar-refractivity contribution in [2.75, 3.05) is 0 Å². The summed E-state index contributed by atoms with van der Waals surface area (Å²) in [4.78, 5) is 10.4. The molecule has 82 valence electrons. The van der Waals surface area contributed by atoms with Gasteiger partial charge in [0.25, 0.3) is 0 Å². The summed E-state index contributed by atoms with van der Waals surface area (Å²) < 4.78 is 0. The van der Waals surface area contributed by atoms with E-state index in [0.717, 1.165) is 16.6 Å². The Morgan fingerprint density at radius 2 is 2.06 bits per heavy atom. The molecule has 0 saturated heterocycles. The molecule has 0 unspecified atom stereocenters. The van der Waals surface area contributed by atoms with Crippen LogP contribution in [0, 0.1) is 0 Å². The van der Waals surface area contributed by atoms with Crippen molar-refractivity contribution in [3.8, 4) is 0 Å². The third-order valence-electron chi connectivity index (χ3n) is 2.37. The standard InChI is InChI=1S/C12H12N2O2/c15-12(16)7-3-5-10-8-9-4-1-2-6-11(9)14-13-10/h1-2,4,6,8H,3,5,7H2,(H,15,16). The van der Waals surface area contributed by atoms with Crippen LogP contribution in [-0.2, 0) is 11.2 Å². The van der Waals surface area contributed by atoms with E-state index in [4.69, 9.17) is 5.11 Å². The van der Waals surface area contributed by atoms with Crippen LogP contribution in [0.25, 0.3) is 10.9 Å². The topological polar surface area (TPSA) is 63.1 Å². The molecule has 0 aliphatic heterocycles. The van der Waals surface area contributed by atoms with E-state index in [0.29, 0.717) is 12.8 Å². The Morgan fingerprint density at radius 1 is 1.25 bits per heavy atom. The molecule has 2 aromatic rings. The van der Waals surface area contributed by atoms with Crippen molar-refractivity contribution < 1.29 is 9.90 Å². The monoisotopic (exact) mass is 216 g/mol. The molecule has 1 aromatic heterocycles. The fourth-order valence-corrected chi connectivity index (χ4v) is 1.57. The molecule has 0 aliphatic carbocycles. The lowest BCUT2D eigenvalue weighted by atomic mass is 10.1. The zero-order chi connectivity index (χ0) is 11.4. The highest BCUT2D eigenvalue weighted by Gasteiger charge is 2.01. The summed E-state index contributed by atoms with van der Waals surface area (Å²) in [6, 6.07) is 9.71. The molecule has 0 bridgehead atoms. The second kappa shape index (κ2) is 4.70. The van der Waals surface area contributed by atoms with Gasteiger partial charge in [-0.3, -0.25) is 4.79 Å². The first kappa shape index (κ1) is 10.5. The summed E-state index contributed by atoms with van der Waals surface area (Å²) in [5.41, 5.74) is 1.71. The number of hydrogen-bond donors (Lipinski definition) is 1. The van der Waals surface area contributed by atoms with E-state index in [1.165, 1.54) is 0 Å². The number of aryl methyl sites for hydroxylation is 1. The van der Waals surface area contributed by atoms with Crippen LogP contribution < -0.4 is 0 Å². The van der Waals surface area contributed by atoms with Crippen LogP contribution >= 0.6 is 0 Å². The molecule has 4 heteroatoms. The Labute approximate surface area is 92.9 Å².